The van der Waals surface area contributed by atoms with Crippen molar-refractivity contribution < 1.29 is 13.0 Å². The van der Waals surface area contributed by atoms with E-state index in [-0.39, 0.29) is 4.90 Å². The Bertz CT molecular complexity index is 497. The SMILES string of the molecule is N#Cc1c(Br)cc(S(=O)(=O)O)cc1I. The maximum atomic E-state index is 10.8. The van der Waals surface area contributed by atoms with E-state index in [1.54, 1.807) is 0 Å². The van der Waals surface area contributed by atoms with Gasteiger partial charge in [0.2, 0.25) is 0 Å². The molecule has 0 unspecified atom stereocenters. The summed E-state index contributed by atoms with van der Waals surface area (Å²) >= 11 is 4.87. The van der Waals surface area contributed by atoms with E-state index in [2.05, 4.69) is 15.9 Å². The lowest BCUT2D eigenvalue weighted by atomic mass is 10.2. The van der Waals surface area contributed by atoms with Crippen molar-refractivity contribution >= 4 is 48.6 Å². The molecule has 0 bridgehead atoms. The molecule has 0 aliphatic rings. The average molecular weight is 388 g/mol. The first kappa shape index (κ1) is 11.9. The molecule has 0 spiro atoms. The van der Waals surface area contributed by atoms with Crippen LogP contribution in [0.15, 0.2) is 21.5 Å². The molecule has 1 aromatic carbocycles. The summed E-state index contributed by atoms with van der Waals surface area (Å²) in [6.45, 7) is 0. The quantitative estimate of drug-likeness (QED) is 0.591. The van der Waals surface area contributed by atoms with Crippen LogP contribution in [-0.4, -0.2) is 13.0 Å². The molecule has 0 heterocycles. The van der Waals surface area contributed by atoms with Gasteiger partial charge in [-0.2, -0.15) is 13.7 Å². The minimum atomic E-state index is -4.22. The van der Waals surface area contributed by atoms with E-state index < -0.39 is 10.1 Å². The molecule has 0 aliphatic carbocycles. The van der Waals surface area contributed by atoms with Crippen LogP contribution < -0.4 is 0 Å². The van der Waals surface area contributed by atoms with Crippen LogP contribution in [0.1, 0.15) is 5.56 Å². The minimum absolute atomic E-state index is 0.229. The highest BCUT2D eigenvalue weighted by Gasteiger charge is 2.14. The first-order valence-electron chi connectivity index (χ1n) is 3.23. The molecule has 0 saturated heterocycles. The van der Waals surface area contributed by atoms with Crippen molar-refractivity contribution in [2.24, 2.45) is 0 Å². The van der Waals surface area contributed by atoms with Gasteiger partial charge in [0.25, 0.3) is 10.1 Å². The first-order valence-corrected chi connectivity index (χ1v) is 6.54. The van der Waals surface area contributed by atoms with E-state index >= 15 is 0 Å². The van der Waals surface area contributed by atoms with Crippen molar-refractivity contribution in [2.75, 3.05) is 0 Å². The van der Waals surface area contributed by atoms with Crippen molar-refractivity contribution in [3.63, 3.8) is 0 Å². The molecule has 4 nitrogen and oxygen atoms in total. The molecule has 14 heavy (non-hydrogen) atoms. The molecule has 0 aliphatic heterocycles. The summed E-state index contributed by atoms with van der Waals surface area (Å²) in [5.41, 5.74) is 0.345. The van der Waals surface area contributed by atoms with Crippen molar-refractivity contribution in [2.45, 2.75) is 4.90 Å². The molecule has 7 heteroatoms. The molecule has 0 aromatic heterocycles. The van der Waals surface area contributed by atoms with Gasteiger partial charge >= 0.3 is 0 Å². The predicted octanol–water partition coefficient (Wildman–Crippen LogP) is 2.17. The standard InChI is InChI=1S/C7H3BrINO3S/c8-6-1-4(14(11,12)13)2-7(9)5(6)3-10/h1-2H,(H,11,12,13). The third-order valence-corrected chi connectivity index (χ3v) is 3.73. The van der Waals surface area contributed by atoms with Gasteiger partial charge in [-0.1, -0.05) is 0 Å². The van der Waals surface area contributed by atoms with Gasteiger partial charge in [-0.15, -0.1) is 0 Å². The fourth-order valence-electron chi connectivity index (χ4n) is 0.806. The molecule has 74 valence electrons. The number of hydrogen-bond acceptors (Lipinski definition) is 3. The molecular formula is C7H3BrINO3S. The van der Waals surface area contributed by atoms with Crippen LogP contribution in [-0.2, 0) is 10.1 Å². The molecule has 1 aromatic rings. The van der Waals surface area contributed by atoms with Gasteiger partial charge in [-0.05, 0) is 50.7 Å². The maximum absolute atomic E-state index is 10.8. The second-order valence-electron chi connectivity index (χ2n) is 2.35. The van der Waals surface area contributed by atoms with E-state index in [0.29, 0.717) is 13.6 Å². The summed E-state index contributed by atoms with van der Waals surface area (Å²) in [5.74, 6) is 0. The number of halogens is 2. The Morgan fingerprint density at radius 1 is 1.50 bits per heavy atom. The monoisotopic (exact) mass is 387 g/mol. The Kier molecular flexibility index (Phi) is 3.52. The van der Waals surface area contributed by atoms with Crippen LogP contribution in [0.3, 0.4) is 0 Å². The van der Waals surface area contributed by atoms with Crippen LogP contribution in [0, 0.1) is 14.9 Å². The van der Waals surface area contributed by atoms with Gasteiger partial charge in [0.1, 0.15) is 6.07 Å². The Balaban J connectivity index is 3.53. The zero-order valence-electron chi connectivity index (χ0n) is 6.53. The zero-order chi connectivity index (χ0) is 10.9. The van der Waals surface area contributed by atoms with Gasteiger partial charge in [0, 0.05) is 8.04 Å². The molecule has 1 N–H and O–H groups in total. The second-order valence-corrected chi connectivity index (χ2v) is 5.79. The largest absolute Gasteiger partial charge is 0.294 e. The molecule has 1 rings (SSSR count). The predicted molar refractivity (Wildman–Crippen MR) is 61.4 cm³/mol. The summed E-state index contributed by atoms with van der Waals surface area (Å²) in [5, 5.41) is 8.70. The number of rotatable bonds is 1. The van der Waals surface area contributed by atoms with Crippen LogP contribution in [0.25, 0.3) is 0 Å². The van der Waals surface area contributed by atoms with E-state index in [0.717, 1.165) is 0 Å². The third kappa shape index (κ3) is 2.44. The number of benzene rings is 1. The first-order chi connectivity index (χ1) is 6.36. The minimum Gasteiger partial charge on any atom is -0.282 e. The smallest absolute Gasteiger partial charge is 0.282 e. The summed E-state index contributed by atoms with van der Waals surface area (Å²) in [4.78, 5) is -0.229. The van der Waals surface area contributed by atoms with Crippen LogP contribution in [0.2, 0.25) is 0 Å². The highest BCUT2D eigenvalue weighted by Crippen LogP contribution is 2.25. The number of nitriles is 1. The van der Waals surface area contributed by atoms with E-state index in [9.17, 15) is 8.42 Å². The Morgan fingerprint density at radius 2 is 2.07 bits per heavy atom. The van der Waals surface area contributed by atoms with Crippen LogP contribution in [0.5, 0.6) is 0 Å². The van der Waals surface area contributed by atoms with E-state index in [1.807, 2.05) is 28.7 Å². The molecule has 0 saturated carbocycles. The lowest BCUT2D eigenvalue weighted by molar-refractivity contribution is 0.483. The van der Waals surface area contributed by atoms with Gasteiger partial charge in [-0.25, -0.2) is 0 Å². The Hall–Kier alpha value is -0.170. The second kappa shape index (κ2) is 4.14. The highest BCUT2D eigenvalue weighted by molar-refractivity contribution is 14.1. The molecule has 0 amide bonds. The molecule has 0 fully saturated rings. The fraction of sp³-hybridized carbons (Fsp3) is 0. The summed E-state index contributed by atoms with van der Waals surface area (Å²) in [6, 6.07) is 4.34. The summed E-state index contributed by atoms with van der Waals surface area (Å²) in [7, 11) is -4.22. The molecule has 0 atom stereocenters. The Morgan fingerprint density at radius 3 is 2.43 bits per heavy atom. The average Bonchev–Trinajstić information content (AvgIpc) is 2.01. The van der Waals surface area contributed by atoms with Gasteiger partial charge < -0.3 is 0 Å². The van der Waals surface area contributed by atoms with Crippen molar-refractivity contribution in [3.05, 3.63) is 25.7 Å². The molecular weight excluding hydrogens is 385 g/mol. The summed E-state index contributed by atoms with van der Waals surface area (Å²) in [6.07, 6.45) is 0. The van der Waals surface area contributed by atoms with E-state index in [4.69, 9.17) is 9.81 Å². The topological polar surface area (TPSA) is 78.2 Å². The summed E-state index contributed by atoms with van der Waals surface area (Å²) < 4.78 is 31.1. The van der Waals surface area contributed by atoms with Gasteiger partial charge in [0.15, 0.2) is 0 Å². The van der Waals surface area contributed by atoms with Crippen molar-refractivity contribution in [1.29, 1.82) is 5.26 Å². The fourth-order valence-corrected chi connectivity index (χ4v) is 3.37. The third-order valence-electron chi connectivity index (χ3n) is 1.43. The number of hydrogen-bond donors (Lipinski definition) is 1. The van der Waals surface area contributed by atoms with Gasteiger partial charge in [-0.3, -0.25) is 4.55 Å². The Labute approximate surface area is 103 Å². The van der Waals surface area contributed by atoms with Crippen LogP contribution >= 0.6 is 38.5 Å². The van der Waals surface area contributed by atoms with Crippen molar-refractivity contribution in [3.8, 4) is 6.07 Å². The highest BCUT2D eigenvalue weighted by atomic mass is 127. The normalized spacial score (nSPS) is 11.0. The zero-order valence-corrected chi connectivity index (χ0v) is 11.1. The van der Waals surface area contributed by atoms with E-state index in [1.165, 1.54) is 12.1 Å². The molecule has 0 radical (unpaired) electrons. The number of nitrogens with zero attached hydrogens (tertiary/aromatic N) is 1. The van der Waals surface area contributed by atoms with Crippen molar-refractivity contribution in [1.82, 2.24) is 0 Å². The lowest BCUT2D eigenvalue weighted by Crippen LogP contribution is -1.99. The maximum Gasteiger partial charge on any atom is 0.294 e. The van der Waals surface area contributed by atoms with Crippen LogP contribution in [0.4, 0.5) is 0 Å². The lowest BCUT2D eigenvalue weighted by Gasteiger charge is -2.02. The van der Waals surface area contributed by atoms with Gasteiger partial charge in [0.05, 0.1) is 10.5 Å².